The molecule has 0 aliphatic heterocycles. The lowest BCUT2D eigenvalue weighted by atomic mass is 10.4. The van der Waals surface area contributed by atoms with E-state index in [2.05, 4.69) is 10.3 Å². The summed E-state index contributed by atoms with van der Waals surface area (Å²) in [6.07, 6.45) is 3.04. The van der Waals surface area contributed by atoms with Crippen molar-refractivity contribution in [3.8, 4) is 0 Å². The number of rotatable bonds is 7. The van der Waals surface area contributed by atoms with Gasteiger partial charge in [-0.3, -0.25) is 0 Å². The second-order valence-electron chi connectivity index (χ2n) is 4.25. The van der Waals surface area contributed by atoms with Crippen LogP contribution in [0.2, 0.25) is 5.02 Å². The number of hydrogen-bond donors (Lipinski definition) is 1. The maximum Gasteiger partial charge on any atom is 0.244 e. The first-order chi connectivity index (χ1) is 8.93. The van der Waals surface area contributed by atoms with Gasteiger partial charge in [0.25, 0.3) is 0 Å². The molecule has 5 nitrogen and oxygen atoms in total. The van der Waals surface area contributed by atoms with Gasteiger partial charge in [0.2, 0.25) is 10.0 Å². The molecule has 1 aromatic rings. The van der Waals surface area contributed by atoms with E-state index in [1.165, 1.54) is 16.6 Å². The molecule has 0 aromatic carbocycles. The second-order valence-corrected chi connectivity index (χ2v) is 6.71. The molecule has 0 aliphatic carbocycles. The van der Waals surface area contributed by atoms with Crippen LogP contribution in [0.1, 0.15) is 26.7 Å². The van der Waals surface area contributed by atoms with Gasteiger partial charge in [0.15, 0.2) is 0 Å². The van der Waals surface area contributed by atoms with Crippen molar-refractivity contribution < 1.29 is 8.42 Å². The van der Waals surface area contributed by atoms with Gasteiger partial charge in [0, 0.05) is 26.3 Å². The van der Waals surface area contributed by atoms with E-state index in [1.54, 1.807) is 7.05 Å². The van der Waals surface area contributed by atoms with Crippen LogP contribution in [0.5, 0.6) is 0 Å². The molecular weight excluding hydrogens is 286 g/mol. The van der Waals surface area contributed by atoms with Crippen LogP contribution in [-0.4, -0.2) is 37.8 Å². The Labute approximate surface area is 120 Å². The zero-order chi connectivity index (χ0) is 14.5. The van der Waals surface area contributed by atoms with Crippen molar-refractivity contribution in [3.05, 3.63) is 17.3 Å². The fraction of sp³-hybridized carbons (Fsp3) is 0.583. The van der Waals surface area contributed by atoms with E-state index in [9.17, 15) is 8.42 Å². The number of pyridine rings is 1. The van der Waals surface area contributed by atoms with Crippen LogP contribution in [0.15, 0.2) is 17.2 Å². The van der Waals surface area contributed by atoms with Crippen molar-refractivity contribution >= 4 is 27.4 Å². The molecule has 1 aromatic heterocycles. The number of halogens is 1. The highest BCUT2D eigenvalue weighted by Crippen LogP contribution is 2.24. The fourth-order valence-corrected chi connectivity index (χ4v) is 3.08. The van der Waals surface area contributed by atoms with Crippen LogP contribution < -0.4 is 5.32 Å². The molecule has 0 unspecified atom stereocenters. The summed E-state index contributed by atoms with van der Waals surface area (Å²) in [5.74, 6) is 0.514. The topological polar surface area (TPSA) is 62.3 Å². The molecule has 1 N–H and O–H groups in total. The Balaban J connectivity index is 3.00. The maximum absolute atomic E-state index is 12.2. The molecular formula is C12H20ClN3O2S. The largest absolute Gasteiger partial charge is 0.369 e. The standard InChI is InChI=1S/C12H20ClN3O2S/c1-4-6-14-12-11(13)8-10(9-15-12)19(17,18)16(3)7-5-2/h8-9H,4-7H2,1-3H3,(H,14,15). The molecule has 0 saturated heterocycles. The van der Waals surface area contributed by atoms with Crippen LogP contribution in [0.3, 0.4) is 0 Å². The summed E-state index contributed by atoms with van der Waals surface area (Å²) in [6, 6.07) is 1.44. The molecule has 0 radical (unpaired) electrons. The summed E-state index contributed by atoms with van der Waals surface area (Å²) >= 11 is 6.04. The maximum atomic E-state index is 12.2. The van der Waals surface area contributed by atoms with Gasteiger partial charge in [0.05, 0.1) is 5.02 Å². The zero-order valence-corrected chi connectivity index (χ0v) is 13.1. The lowest BCUT2D eigenvalue weighted by Gasteiger charge is -2.16. The Hall–Kier alpha value is -0.850. The first kappa shape index (κ1) is 16.2. The number of anilines is 1. The Morgan fingerprint density at radius 3 is 2.58 bits per heavy atom. The summed E-state index contributed by atoms with van der Waals surface area (Å²) in [4.78, 5) is 4.20. The smallest absolute Gasteiger partial charge is 0.244 e. The van der Waals surface area contributed by atoms with Crippen molar-refractivity contribution in [2.24, 2.45) is 0 Å². The number of nitrogens with zero attached hydrogens (tertiary/aromatic N) is 2. The van der Waals surface area contributed by atoms with Crippen LogP contribution in [0.4, 0.5) is 5.82 Å². The molecule has 0 fully saturated rings. The van der Waals surface area contributed by atoms with Crippen LogP contribution in [0, 0.1) is 0 Å². The minimum atomic E-state index is -3.50. The van der Waals surface area contributed by atoms with E-state index in [1.807, 2.05) is 13.8 Å². The normalized spacial score (nSPS) is 11.8. The molecule has 0 aliphatic rings. The molecule has 1 rings (SSSR count). The number of sulfonamides is 1. The van der Waals surface area contributed by atoms with E-state index in [4.69, 9.17) is 11.6 Å². The monoisotopic (exact) mass is 305 g/mol. The van der Waals surface area contributed by atoms with Gasteiger partial charge in [-0.1, -0.05) is 25.4 Å². The number of aromatic nitrogens is 1. The van der Waals surface area contributed by atoms with E-state index in [-0.39, 0.29) is 4.90 Å². The minimum Gasteiger partial charge on any atom is -0.369 e. The third-order valence-electron chi connectivity index (χ3n) is 2.61. The van der Waals surface area contributed by atoms with Gasteiger partial charge in [-0.05, 0) is 18.9 Å². The van der Waals surface area contributed by atoms with Gasteiger partial charge < -0.3 is 5.32 Å². The molecule has 7 heteroatoms. The van der Waals surface area contributed by atoms with Crippen LogP contribution >= 0.6 is 11.6 Å². The summed E-state index contributed by atoms with van der Waals surface area (Å²) < 4.78 is 25.7. The highest BCUT2D eigenvalue weighted by Gasteiger charge is 2.21. The lowest BCUT2D eigenvalue weighted by Crippen LogP contribution is -2.27. The van der Waals surface area contributed by atoms with Crippen molar-refractivity contribution in [2.75, 3.05) is 25.5 Å². The predicted molar refractivity (Wildman–Crippen MR) is 78.1 cm³/mol. The first-order valence-corrected chi connectivity index (χ1v) is 8.11. The van der Waals surface area contributed by atoms with E-state index >= 15 is 0 Å². The highest BCUT2D eigenvalue weighted by molar-refractivity contribution is 7.89. The molecule has 19 heavy (non-hydrogen) atoms. The van der Waals surface area contributed by atoms with Crippen molar-refractivity contribution in [1.82, 2.24) is 9.29 Å². The molecule has 0 bridgehead atoms. The highest BCUT2D eigenvalue weighted by atomic mass is 35.5. The Morgan fingerprint density at radius 1 is 1.37 bits per heavy atom. The lowest BCUT2D eigenvalue weighted by molar-refractivity contribution is 0.468. The molecule has 0 spiro atoms. The Kier molecular flexibility index (Phi) is 6.03. The average Bonchev–Trinajstić information content (AvgIpc) is 2.37. The second kappa shape index (κ2) is 7.07. The Bertz CT molecular complexity index is 520. The predicted octanol–water partition coefficient (Wildman–Crippen LogP) is 2.59. The van der Waals surface area contributed by atoms with Crippen molar-refractivity contribution in [2.45, 2.75) is 31.6 Å². The van der Waals surface area contributed by atoms with Crippen LogP contribution in [0.25, 0.3) is 0 Å². The van der Waals surface area contributed by atoms with Crippen molar-refractivity contribution in [1.29, 1.82) is 0 Å². The SMILES string of the molecule is CCCNc1ncc(S(=O)(=O)N(C)CCC)cc1Cl. The quantitative estimate of drug-likeness (QED) is 0.841. The van der Waals surface area contributed by atoms with E-state index in [0.29, 0.717) is 17.4 Å². The number of hydrogen-bond acceptors (Lipinski definition) is 4. The summed E-state index contributed by atoms with van der Waals surface area (Å²) in [7, 11) is -1.95. The molecule has 0 atom stereocenters. The fourth-order valence-electron chi connectivity index (χ4n) is 1.55. The molecule has 108 valence electrons. The Morgan fingerprint density at radius 2 is 2.05 bits per heavy atom. The van der Waals surface area contributed by atoms with Gasteiger partial charge >= 0.3 is 0 Å². The average molecular weight is 306 g/mol. The van der Waals surface area contributed by atoms with Gasteiger partial charge in [0.1, 0.15) is 10.7 Å². The molecule has 0 saturated carbocycles. The summed E-state index contributed by atoms with van der Waals surface area (Å²) in [5.41, 5.74) is 0. The third-order valence-corrected chi connectivity index (χ3v) is 4.72. The van der Waals surface area contributed by atoms with Gasteiger partial charge in [-0.2, -0.15) is 0 Å². The molecule has 0 amide bonds. The minimum absolute atomic E-state index is 0.121. The van der Waals surface area contributed by atoms with Gasteiger partial charge in [-0.15, -0.1) is 0 Å². The van der Waals surface area contributed by atoms with E-state index < -0.39 is 10.0 Å². The zero-order valence-electron chi connectivity index (χ0n) is 11.5. The third kappa shape index (κ3) is 4.06. The number of nitrogens with one attached hydrogen (secondary N) is 1. The van der Waals surface area contributed by atoms with Crippen molar-refractivity contribution in [3.63, 3.8) is 0 Å². The summed E-state index contributed by atoms with van der Waals surface area (Å²) in [6.45, 7) is 5.17. The first-order valence-electron chi connectivity index (χ1n) is 6.29. The van der Waals surface area contributed by atoms with Gasteiger partial charge in [-0.25, -0.2) is 17.7 Å². The van der Waals surface area contributed by atoms with E-state index in [0.717, 1.165) is 19.4 Å². The van der Waals surface area contributed by atoms with Crippen LogP contribution in [-0.2, 0) is 10.0 Å². The molecule has 1 heterocycles. The summed E-state index contributed by atoms with van der Waals surface area (Å²) in [5, 5.41) is 3.36.